The quantitative estimate of drug-likeness (QED) is 0.650. The van der Waals surface area contributed by atoms with Crippen LogP contribution in [0.1, 0.15) is 21.5 Å². The zero-order chi connectivity index (χ0) is 15.2. The lowest BCUT2D eigenvalue weighted by molar-refractivity contribution is 0.0956. The van der Waals surface area contributed by atoms with Crippen LogP contribution in [0.4, 0.5) is 0 Å². The Bertz CT molecular complexity index is 625. The maximum atomic E-state index is 12.0. The van der Waals surface area contributed by atoms with Gasteiger partial charge in [0.15, 0.2) is 0 Å². The summed E-state index contributed by atoms with van der Waals surface area (Å²) in [5, 5.41) is 3.40. The number of benzene rings is 2. The molecular formula is C17H18ClNOS. The molecule has 2 aromatic rings. The SMILES string of the molecule is Cc1ccc(SCCNC(=O)c2ccc(C)cc2Cl)cc1. The minimum absolute atomic E-state index is 0.121. The van der Waals surface area contributed by atoms with Gasteiger partial charge in [0.05, 0.1) is 10.6 Å². The molecule has 21 heavy (non-hydrogen) atoms. The molecule has 0 heterocycles. The van der Waals surface area contributed by atoms with Crippen LogP contribution in [-0.4, -0.2) is 18.2 Å². The van der Waals surface area contributed by atoms with Crippen molar-refractivity contribution >= 4 is 29.3 Å². The average Bonchev–Trinajstić information content (AvgIpc) is 2.45. The zero-order valence-corrected chi connectivity index (χ0v) is 13.7. The predicted octanol–water partition coefficient (Wildman–Crippen LogP) is 4.48. The highest BCUT2D eigenvalue weighted by Crippen LogP contribution is 2.19. The van der Waals surface area contributed by atoms with E-state index in [0.717, 1.165) is 11.3 Å². The summed E-state index contributed by atoms with van der Waals surface area (Å²) in [6, 6.07) is 13.8. The van der Waals surface area contributed by atoms with Gasteiger partial charge in [-0.15, -0.1) is 11.8 Å². The van der Waals surface area contributed by atoms with Crippen LogP contribution in [0.2, 0.25) is 5.02 Å². The molecule has 2 aromatic carbocycles. The Morgan fingerprint density at radius 3 is 2.43 bits per heavy atom. The van der Waals surface area contributed by atoms with Crippen LogP contribution in [0.15, 0.2) is 47.4 Å². The third-order valence-electron chi connectivity index (χ3n) is 3.05. The van der Waals surface area contributed by atoms with E-state index in [-0.39, 0.29) is 5.91 Å². The first-order valence-corrected chi connectivity index (χ1v) is 8.16. The third-order valence-corrected chi connectivity index (χ3v) is 4.37. The van der Waals surface area contributed by atoms with Gasteiger partial charge < -0.3 is 5.32 Å². The Balaban J connectivity index is 1.80. The van der Waals surface area contributed by atoms with Gasteiger partial charge in [-0.2, -0.15) is 0 Å². The highest BCUT2D eigenvalue weighted by Gasteiger charge is 2.09. The van der Waals surface area contributed by atoms with Crippen molar-refractivity contribution in [2.75, 3.05) is 12.3 Å². The van der Waals surface area contributed by atoms with Gasteiger partial charge in [-0.05, 0) is 43.7 Å². The summed E-state index contributed by atoms with van der Waals surface area (Å²) in [5.41, 5.74) is 2.83. The number of thioether (sulfide) groups is 1. The van der Waals surface area contributed by atoms with Gasteiger partial charge in [0.25, 0.3) is 5.91 Å². The molecule has 0 unspecified atom stereocenters. The molecule has 2 nitrogen and oxygen atoms in total. The summed E-state index contributed by atoms with van der Waals surface area (Å²) >= 11 is 7.81. The summed E-state index contributed by atoms with van der Waals surface area (Å²) < 4.78 is 0. The van der Waals surface area contributed by atoms with Crippen LogP contribution in [0, 0.1) is 13.8 Å². The van der Waals surface area contributed by atoms with Crippen LogP contribution in [-0.2, 0) is 0 Å². The standard InChI is InChI=1S/C17H18ClNOS/c1-12-3-6-14(7-4-12)21-10-9-19-17(20)15-8-5-13(2)11-16(15)18/h3-8,11H,9-10H2,1-2H3,(H,19,20). The molecule has 0 aliphatic heterocycles. The lowest BCUT2D eigenvalue weighted by Gasteiger charge is -2.07. The average molecular weight is 320 g/mol. The summed E-state index contributed by atoms with van der Waals surface area (Å²) in [6.07, 6.45) is 0. The number of carbonyl (C=O) groups is 1. The lowest BCUT2D eigenvalue weighted by atomic mass is 10.1. The summed E-state index contributed by atoms with van der Waals surface area (Å²) in [6.45, 7) is 4.63. The topological polar surface area (TPSA) is 29.1 Å². The van der Waals surface area contributed by atoms with Crippen LogP contribution >= 0.6 is 23.4 Å². The van der Waals surface area contributed by atoms with E-state index < -0.39 is 0 Å². The number of nitrogens with one attached hydrogen (secondary N) is 1. The molecule has 110 valence electrons. The minimum Gasteiger partial charge on any atom is -0.351 e. The second-order valence-electron chi connectivity index (χ2n) is 4.90. The molecular weight excluding hydrogens is 302 g/mol. The number of rotatable bonds is 5. The molecule has 0 spiro atoms. The molecule has 0 aromatic heterocycles. The van der Waals surface area contributed by atoms with Crippen molar-refractivity contribution in [2.24, 2.45) is 0 Å². The molecule has 0 aliphatic carbocycles. The maximum absolute atomic E-state index is 12.0. The zero-order valence-electron chi connectivity index (χ0n) is 12.2. The first kappa shape index (κ1) is 15.9. The number of hydrogen-bond donors (Lipinski definition) is 1. The van der Waals surface area contributed by atoms with Crippen molar-refractivity contribution in [3.63, 3.8) is 0 Å². The Hall–Kier alpha value is -1.45. The largest absolute Gasteiger partial charge is 0.351 e. The Morgan fingerprint density at radius 1 is 1.10 bits per heavy atom. The smallest absolute Gasteiger partial charge is 0.252 e. The van der Waals surface area contributed by atoms with Gasteiger partial charge >= 0.3 is 0 Å². The van der Waals surface area contributed by atoms with E-state index in [1.54, 1.807) is 23.9 Å². The fourth-order valence-electron chi connectivity index (χ4n) is 1.87. The summed E-state index contributed by atoms with van der Waals surface area (Å²) in [4.78, 5) is 13.2. The van der Waals surface area contributed by atoms with Crippen molar-refractivity contribution < 1.29 is 4.79 Å². The predicted molar refractivity (Wildman–Crippen MR) is 90.4 cm³/mol. The molecule has 0 aliphatic rings. The van der Waals surface area contributed by atoms with E-state index in [0.29, 0.717) is 17.1 Å². The van der Waals surface area contributed by atoms with E-state index in [1.807, 2.05) is 13.0 Å². The van der Waals surface area contributed by atoms with Gasteiger partial charge in [-0.1, -0.05) is 35.4 Å². The number of hydrogen-bond acceptors (Lipinski definition) is 2. The van der Waals surface area contributed by atoms with Crippen molar-refractivity contribution in [1.82, 2.24) is 5.32 Å². The van der Waals surface area contributed by atoms with Crippen LogP contribution in [0.5, 0.6) is 0 Å². The van der Waals surface area contributed by atoms with Crippen LogP contribution in [0.3, 0.4) is 0 Å². The highest BCUT2D eigenvalue weighted by molar-refractivity contribution is 7.99. The number of amides is 1. The fourth-order valence-corrected chi connectivity index (χ4v) is 2.96. The molecule has 4 heteroatoms. The normalized spacial score (nSPS) is 10.4. The molecule has 0 radical (unpaired) electrons. The molecule has 0 saturated carbocycles. The number of carbonyl (C=O) groups excluding carboxylic acids is 1. The van der Waals surface area contributed by atoms with E-state index >= 15 is 0 Å². The first-order valence-electron chi connectivity index (χ1n) is 6.80. The van der Waals surface area contributed by atoms with E-state index in [9.17, 15) is 4.79 Å². The fraction of sp³-hybridized carbons (Fsp3) is 0.235. The van der Waals surface area contributed by atoms with E-state index in [1.165, 1.54) is 10.5 Å². The van der Waals surface area contributed by atoms with Crippen molar-refractivity contribution in [2.45, 2.75) is 18.7 Å². The third kappa shape index (κ3) is 4.80. The summed E-state index contributed by atoms with van der Waals surface area (Å²) in [5.74, 6) is 0.711. The lowest BCUT2D eigenvalue weighted by Crippen LogP contribution is -2.26. The van der Waals surface area contributed by atoms with Crippen LogP contribution in [0.25, 0.3) is 0 Å². The highest BCUT2D eigenvalue weighted by atomic mass is 35.5. The van der Waals surface area contributed by atoms with E-state index in [4.69, 9.17) is 11.6 Å². The first-order chi connectivity index (χ1) is 10.1. The molecule has 1 N–H and O–H groups in total. The van der Waals surface area contributed by atoms with Gasteiger partial charge in [0, 0.05) is 17.2 Å². The van der Waals surface area contributed by atoms with Crippen molar-refractivity contribution in [3.8, 4) is 0 Å². The second-order valence-corrected chi connectivity index (χ2v) is 6.48. The Morgan fingerprint density at radius 2 is 1.76 bits per heavy atom. The van der Waals surface area contributed by atoms with Gasteiger partial charge in [0.1, 0.15) is 0 Å². The summed E-state index contributed by atoms with van der Waals surface area (Å²) in [7, 11) is 0. The minimum atomic E-state index is -0.121. The second kappa shape index (κ2) is 7.53. The molecule has 0 fully saturated rings. The number of halogens is 1. The van der Waals surface area contributed by atoms with Gasteiger partial charge in [-0.25, -0.2) is 0 Å². The Labute approximate surface area is 134 Å². The van der Waals surface area contributed by atoms with Gasteiger partial charge in [0.2, 0.25) is 0 Å². The maximum Gasteiger partial charge on any atom is 0.252 e. The molecule has 1 amide bonds. The van der Waals surface area contributed by atoms with Crippen molar-refractivity contribution in [3.05, 3.63) is 64.2 Å². The van der Waals surface area contributed by atoms with Gasteiger partial charge in [-0.3, -0.25) is 4.79 Å². The molecule has 0 atom stereocenters. The molecule has 0 bridgehead atoms. The molecule has 2 rings (SSSR count). The molecule has 0 saturated heterocycles. The van der Waals surface area contributed by atoms with E-state index in [2.05, 4.69) is 36.5 Å². The monoisotopic (exact) mass is 319 g/mol. The van der Waals surface area contributed by atoms with Crippen LogP contribution < -0.4 is 5.32 Å². The Kier molecular flexibility index (Phi) is 5.71. The van der Waals surface area contributed by atoms with Crippen molar-refractivity contribution in [1.29, 1.82) is 0 Å². The number of aryl methyl sites for hydroxylation is 2.